The van der Waals surface area contributed by atoms with Crippen molar-refractivity contribution in [3.05, 3.63) is 30.1 Å². The molecular formula is C19H30Cl2FN3O2. The lowest BCUT2D eigenvalue weighted by molar-refractivity contribution is -0.137. The maximum absolute atomic E-state index is 12.8. The average molecular weight is 422 g/mol. The minimum atomic E-state index is -0.247. The van der Waals surface area contributed by atoms with Crippen molar-refractivity contribution in [3.8, 4) is 5.75 Å². The second kappa shape index (κ2) is 12.4. The Morgan fingerprint density at radius 2 is 1.85 bits per heavy atom. The van der Waals surface area contributed by atoms with Gasteiger partial charge in [0.2, 0.25) is 5.91 Å². The standard InChI is InChI=1S/C19H28FN3O2.2ClH/c20-17-4-6-18(7-5-17)25-14-2-9-22-10-12-23(13-11-22)19(24)16-3-1-8-21-15-16;;/h4-7,16,21H,1-3,8-15H2;2*1H. The molecule has 2 aliphatic heterocycles. The highest BCUT2D eigenvalue weighted by molar-refractivity contribution is 5.85. The number of amides is 1. The molecule has 0 aliphatic carbocycles. The number of carbonyl (C=O) groups excluding carboxylic acids is 1. The zero-order chi connectivity index (χ0) is 17.5. The quantitative estimate of drug-likeness (QED) is 0.716. The third kappa shape index (κ3) is 7.45. The van der Waals surface area contributed by atoms with Gasteiger partial charge in [-0.2, -0.15) is 0 Å². The van der Waals surface area contributed by atoms with E-state index in [0.29, 0.717) is 18.3 Å². The van der Waals surface area contributed by atoms with Gasteiger partial charge in [-0.05, 0) is 50.1 Å². The van der Waals surface area contributed by atoms with Crippen molar-refractivity contribution in [3.63, 3.8) is 0 Å². The average Bonchev–Trinajstić information content (AvgIpc) is 2.67. The number of hydrogen-bond acceptors (Lipinski definition) is 4. The van der Waals surface area contributed by atoms with Crippen LogP contribution >= 0.6 is 24.8 Å². The summed E-state index contributed by atoms with van der Waals surface area (Å²) in [5.41, 5.74) is 0. The summed E-state index contributed by atoms with van der Waals surface area (Å²) in [6.45, 7) is 6.98. The van der Waals surface area contributed by atoms with E-state index in [0.717, 1.165) is 65.1 Å². The molecular weight excluding hydrogens is 392 g/mol. The second-order valence-electron chi connectivity index (χ2n) is 6.87. The fourth-order valence-corrected chi connectivity index (χ4v) is 3.52. The van der Waals surface area contributed by atoms with E-state index >= 15 is 0 Å². The summed E-state index contributed by atoms with van der Waals surface area (Å²) in [7, 11) is 0. The van der Waals surface area contributed by atoms with Crippen molar-refractivity contribution in [2.24, 2.45) is 5.92 Å². The van der Waals surface area contributed by atoms with Gasteiger partial charge in [0.15, 0.2) is 0 Å². The molecule has 0 radical (unpaired) electrons. The van der Waals surface area contributed by atoms with E-state index in [1.165, 1.54) is 12.1 Å². The predicted octanol–water partition coefficient (Wildman–Crippen LogP) is 2.58. The smallest absolute Gasteiger partial charge is 0.227 e. The number of benzene rings is 1. The van der Waals surface area contributed by atoms with Gasteiger partial charge in [0, 0.05) is 39.3 Å². The summed E-state index contributed by atoms with van der Waals surface area (Å²) >= 11 is 0. The van der Waals surface area contributed by atoms with Crippen LogP contribution in [0.2, 0.25) is 0 Å². The molecule has 5 nitrogen and oxygen atoms in total. The number of piperazine rings is 1. The minimum Gasteiger partial charge on any atom is -0.494 e. The van der Waals surface area contributed by atoms with Gasteiger partial charge >= 0.3 is 0 Å². The molecule has 3 rings (SSSR count). The van der Waals surface area contributed by atoms with Crippen molar-refractivity contribution >= 4 is 30.7 Å². The summed E-state index contributed by atoms with van der Waals surface area (Å²) < 4.78 is 18.5. The molecule has 0 bridgehead atoms. The van der Waals surface area contributed by atoms with Crippen LogP contribution in [0.15, 0.2) is 24.3 Å². The Hall–Kier alpha value is -1.08. The summed E-state index contributed by atoms with van der Waals surface area (Å²) in [6, 6.07) is 6.13. The van der Waals surface area contributed by atoms with Gasteiger partial charge in [-0.15, -0.1) is 24.8 Å². The van der Waals surface area contributed by atoms with E-state index in [1.807, 2.05) is 4.90 Å². The van der Waals surface area contributed by atoms with E-state index in [-0.39, 0.29) is 36.5 Å². The SMILES string of the molecule is Cl.Cl.O=C(C1CCCNC1)N1CCN(CCCOc2ccc(F)cc2)CC1. The molecule has 2 aliphatic rings. The van der Waals surface area contributed by atoms with E-state index in [1.54, 1.807) is 12.1 Å². The number of nitrogens with zero attached hydrogens (tertiary/aromatic N) is 2. The Balaban J connectivity index is 0.00000182. The summed E-state index contributed by atoms with van der Waals surface area (Å²) in [6.07, 6.45) is 3.05. The van der Waals surface area contributed by atoms with Crippen LogP contribution in [0, 0.1) is 11.7 Å². The van der Waals surface area contributed by atoms with Gasteiger partial charge in [-0.3, -0.25) is 9.69 Å². The van der Waals surface area contributed by atoms with Gasteiger partial charge in [0.25, 0.3) is 0 Å². The maximum atomic E-state index is 12.8. The molecule has 2 fully saturated rings. The zero-order valence-electron chi connectivity index (χ0n) is 15.6. The number of hydrogen-bond donors (Lipinski definition) is 1. The van der Waals surface area contributed by atoms with Gasteiger partial charge in [0.1, 0.15) is 11.6 Å². The van der Waals surface area contributed by atoms with Crippen LogP contribution in [0.3, 0.4) is 0 Å². The Bertz CT molecular complexity index is 548. The first-order valence-electron chi connectivity index (χ1n) is 9.32. The van der Waals surface area contributed by atoms with Crippen LogP contribution in [-0.4, -0.2) is 68.1 Å². The van der Waals surface area contributed by atoms with Crippen molar-refractivity contribution in [2.45, 2.75) is 19.3 Å². The number of halogens is 3. The molecule has 2 saturated heterocycles. The molecule has 1 aromatic rings. The predicted molar refractivity (Wildman–Crippen MR) is 110 cm³/mol. The highest BCUT2D eigenvalue weighted by atomic mass is 35.5. The van der Waals surface area contributed by atoms with Crippen molar-refractivity contribution in [2.75, 3.05) is 52.4 Å². The van der Waals surface area contributed by atoms with Crippen LogP contribution < -0.4 is 10.1 Å². The van der Waals surface area contributed by atoms with Crippen LogP contribution in [0.5, 0.6) is 5.75 Å². The van der Waals surface area contributed by atoms with E-state index in [9.17, 15) is 9.18 Å². The summed E-state index contributed by atoms with van der Waals surface area (Å²) in [5, 5.41) is 3.32. The lowest BCUT2D eigenvalue weighted by Gasteiger charge is -2.37. The van der Waals surface area contributed by atoms with Crippen LogP contribution in [0.25, 0.3) is 0 Å². The fourth-order valence-electron chi connectivity index (χ4n) is 3.52. The lowest BCUT2D eigenvalue weighted by Crippen LogP contribution is -2.52. The number of piperidine rings is 1. The van der Waals surface area contributed by atoms with Crippen LogP contribution in [0.1, 0.15) is 19.3 Å². The highest BCUT2D eigenvalue weighted by Crippen LogP contribution is 2.15. The molecule has 27 heavy (non-hydrogen) atoms. The van der Waals surface area contributed by atoms with Crippen molar-refractivity contribution < 1.29 is 13.9 Å². The van der Waals surface area contributed by atoms with E-state index in [2.05, 4.69) is 10.2 Å². The minimum absolute atomic E-state index is 0. The fraction of sp³-hybridized carbons (Fsp3) is 0.632. The normalized spacial score (nSPS) is 20.3. The van der Waals surface area contributed by atoms with Crippen molar-refractivity contribution in [1.29, 1.82) is 0 Å². The first kappa shape index (κ1) is 24.0. The van der Waals surface area contributed by atoms with Crippen molar-refractivity contribution in [1.82, 2.24) is 15.1 Å². The van der Waals surface area contributed by atoms with Gasteiger partial charge in [-0.25, -0.2) is 4.39 Å². The molecule has 1 N–H and O–H groups in total. The molecule has 154 valence electrons. The second-order valence-corrected chi connectivity index (χ2v) is 6.87. The third-order valence-electron chi connectivity index (χ3n) is 5.03. The lowest BCUT2D eigenvalue weighted by atomic mass is 9.98. The first-order valence-corrected chi connectivity index (χ1v) is 9.32. The zero-order valence-corrected chi connectivity index (χ0v) is 17.2. The summed E-state index contributed by atoms with van der Waals surface area (Å²) in [5.74, 6) is 0.956. The van der Waals surface area contributed by atoms with Gasteiger partial charge < -0.3 is 15.0 Å². The molecule has 0 aromatic heterocycles. The largest absolute Gasteiger partial charge is 0.494 e. The number of rotatable bonds is 6. The van der Waals surface area contributed by atoms with E-state index < -0.39 is 0 Å². The van der Waals surface area contributed by atoms with E-state index in [4.69, 9.17) is 4.74 Å². The third-order valence-corrected chi connectivity index (χ3v) is 5.03. The molecule has 0 saturated carbocycles. The number of nitrogens with one attached hydrogen (secondary N) is 1. The maximum Gasteiger partial charge on any atom is 0.227 e. The number of ether oxygens (including phenoxy) is 1. The molecule has 1 unspecified atom stereocenters. The Labute approximate surface area is 173 Å². The Morgan fingerprint density at radius 3 is 2.48 bits per heavy atom. The topological polar surface area (TPSA) is 44.8 Å². The summed E-state index contributed by atoms with van der Waals surface area (Å²) in [4.78, 5) is 16.9. The monoisotopic (exact) mass is 421 g/mol. The highest BCUT2D eigenvalue weighted by Gasteiger charge is 2.28. The number of carbonyl (C=O) groups is 1. The van der Waals surface area contributed by atoms with Crippen LogP contribution in [-0.2, 0) is 4.79 Å². The Kier molecular flexibility index (Phi) is 11.0. The molecule has 1 aromatic carbocycles. The molecule has 2 heterocycles. The molecule has 1 atom stereocenters. The molecule has 0 spiro atoms. The van der Waals surface area contributed by atoms with Gasteiger partial charge in [0.05, 0.1) is 12.5 Å². The first-order chi connectivity index (χ1) is 12.2. The Morgan fingerprint density at radius 1 is 1.15 bits per heavy atom. The van der Waals surface area contributed by atoms with Gasteiger partial charge in [-0.1, -0.05) is 0 Å². The molecule has 8 heteroatoms. The van der Waals surface area contributed by atoms with Crippen LogP contribution in [0.4, 0.5) is 4.39 Å². The molecule has 1 amide bonds.